The number of rotatable bonds is 10. The van der Waals surface area contributed by atoms with Gasteiger partial charge in [-0.3, -0.25) is 4.72 Å². The smallest absolute Gasteiger partial charge is 0.259 e. The molecule has 2 aromatic heterocycles. The Hall–Kier alpha value is -4.73. The average Bonchev–Trinajstić information content (AvgIpc) is 3.64. The highest BCUT2D eigenvalue weighted by Gasteiger charge is 2.47. The number of aryl methyl sites for hydroxylation is 1. The van der Waals surface area contributed by atoms with E-state index in [2.05, 4.69) is 25.7 Å². The fourth-order valence-corrected chi connectivity index (χ4v) is 5.38. The van der Waals surface area contributed by atoms with Crippen molar-refractivity contribution in [3.8, 4) is 28.2 Å². The number of unbranched alkanes of at least 4 members (excludes halogenated alkanes) is 1. The molecule has 0 aliphatic carbocycles. The van der Waals surface area contributed by atoms with Crippen LogP contribution in [0.5, 0.6) is 0 Å². The molecule has 45 heavy (non-hydrogen) atoms. The zero-order chi connectivity index (χ0) is 32.4. The maximum atomic E-state index is 14.0. The Morgan fingerprint density at radius 1 is 0.889 bits per heavy atom. The number of anilines is 1. The third kappa shape index (κ3) is 6.69. The van der Waals surface area contributed by atoms with Crippen molar-refractivity contribution in [3.63, 3.8) is 0 Å². The van der Waals surface area contributed by atoms with Crippen LogP contribution >= 0.6 is 0 Å². The summed E-state index contributed by atoms with van der Waals surface area (Å²) in [5.41, 5.74) is -4.62. The number of nitrogens with one attached hydrogen (secondary N) is 2. The van der Waals surface area contributed by atoms with Crippen molar-refractivity contribution in [2.24, 2.45) is 0 Å². The molecule has 0 fully saturated rings. The number of aromatic amines is 1. The van der Waals surface area contributed by atoms with Crippen LogP contribution in [0, 0.1) is 0 Å². The molecule has 0 amide bonds. The minimum Gasteiger partial charge on any atom is -0.259 e. The molecule has 5 aromatic rings. The summed E-state index contributed by atoms with van der Waals surface area (Å²) >= 11 is 0. The second kappa shape index (κ2) is 12.3. The van der Waals surface area contributed by atoms with Crippen molar-refractivity contribution < 1.29 is 34.8 Å². The van der Waals surface area contributed by atoms with Gasteiger partial charge in [0.15, 0.2) is 0 Å². The molecule has 9 nitrogen and oxygen atoms in total. The van der Waals surface area contributed by atoms with Gasteiger partial charge >= 0.3 is 21.7 Å². The first kappa shape index (κ1) is 31.7. The minimum atomic E-state index is -6.03. The van der Waals surface area contributed by atoms with Crippen LogP contribution in [0.3, 0.4) is 0 Å². The number of halogens is 6. The maximum Gasteiger partial charge on any atom is 0.516 e. The lowest BCUT2D eigenvalue weighted by atomic mass is 9.96. The second-order valence-corrected chi connectivity index (χ2v) is 11.7. The van der Waals surface area contributed by atoms with Gasteiger partial charge in [-0.2, -0.15) is 45.1 Å². The quantitative estimate of drug-likeness (QED) is 0.158. The number of aromatic nitrogens is 6. The van der Waals surface area contributed by atoms with Gasteiger partial charge < -0.3 is 0 Å². The number of hydrogen-bond acceptors (Lipinski definition) is 6. The van der Waals surface area contributed by atoms with E-state index < -0.39 is 38.8 Å². The van der Waals surface area contributed by atoms with E-state index in [9.17, 15) is 34.8 Å². The standard InChI is InChI=1S/C29H25F6N7O2S/c1-2-3-11-24-22(17-18-13-15-19(16-14-18)20-8-4-5-9-21(20)26-36-40-41-37-26)27(39-45(43,44)29(33,34)35)42(38-24)25-12-7-6-10-23(25)28(30,31)32/h4-10,12-16,39H,2-3,11,17H2,1H3,(H,36,37,40,41). The summed E-state index contributed by atoms with van der Waals surface area (Å²) in [6.07, 6.45) is -3.70. The summed E-state index contributed by atoms with van der Waals surface area (Å²) in [6, 6.07) is 18.3. The van der Waals surface area contributed by atoms with Gasteiger partial charge in [-0.15, -0.1) is 10.2 Å². The predicted molar refractivity (Wildman–Crippen MR) is 154 cm³/mol. The summed E-state index contributed by atoms with van der Waals surface area (Å²) in [6.45, 7) is 1.86. The zero-order valence-corrected chi connectivity index (χ0v) is 24.3. The molecule has 0 aliphatic rings. The lowest BCUT2D eigenvalue weighted by Crippen LogP contribution is -2.31. The third-order valence-corrected chi connectivity index (χ3v) is 8.04. The Labute approximate surface area is 253 Å². The number of hydrogen-bond donors (Lipinski definition) is 2. The van der Waals surface area contributed by atoms with E-state index in [4.69, 9.17) is 0 Å². The second-order valence-electron chi connectivity index (χ2n) is 10.0. The highest BCUT2D eigenvalue weighted by Crippen LogP contribution is 2.38. The Kier molecular flexibility index (Phi) is 8.69. The molecular weight excluding hydrogens is 624 g/mol. The molecule has 0 atom stereocenters. The van der Waals surface area contributed by atoms with E-state index in [-0.39, 0.29) is 24.1 Å². The molecule has 0 spiro atoms. The van der Waals surface area contributed by atoms with Gasteiger partial charge in [-0.1, -0.05) is 74.0 Å². The lowest BCUT2D eigenvalue weighted by Gasteiger charge is -2.17. The van der Waals surface area contributed by atoms with Crippen molar-refractivity contribution in [2.75, 3.05) is 4.72 Å². The highest BCUT2D eigenvalue weighted by molar-refractivity contribution is 7.93. The van der Waals surface area contributed by atoms with Gasteiger partial charge in [0.25, 0.3) is 0 Å². The Morgan fingerprint density at radius 3 is 2.18 bits per heavy atom. The van der Waals surface area contributed by atoms with Crippen molar-refractivity contribution in [1.82, 2.24) is 30.4 Å². The lowest BCUT2D eigenvalue weighted by molar-refractivity contribution is -0.137. The molecule has 236 valence electrons. The van der Waals surface area contributed by atoms with Crippen molar-refractivity contribution in [2.45, 2.75) is 44.3 Å². The SMILES string of the molecule is CCCCc1nn(-c2ccccc2C(F)(F)F)c(NS(=O)(=O)C(F)(F)F)c1Cc1ccc(-c2ccccc2-c2nn[nH]n2)cc1. The van der Waals surface area contributed by atoms with E-state index in [1.165, 1.54) is 10.8 Å². The minimum absolute atomic E-state index is 0.0215. The molecule has 0 bridgehead atoms. The van der Waals surface area contributed by atoms with Crippen LogP contribution < -0.4 is 4.72 Å². The van der Waals surface area contributed by atoms with Crippen molar-refractivity contribution in [3.05, 3.63) is 95.2 Å². The Morgan fingerprint density at radius 2 is 1.56 bits per heavy atom. The predicted octanol–water partition coefficient (Wildman–Crippen LogP) is 6.93. The molecule has 2 N–H and O–H groups in total. The van der Waals surface area contributed by atoms with Crippen LogP contribution in [0.25, 0.3) is 28.2 Å². The molecule has 0 saturated heterocycles. The van der Waals surface area contributed by atoms with Gasteiger partial charge in [0.2, 0.25) is 5.82 Å². The molecule has 3 aromatic carbocycles. The number of H-pyrrole nitrogens is 1. The van der Waals surface area contributed by atoms with E-state index in [1.807, 2.05) is 19.1 Å². The number of benzene rings is 3. The van der Waals surface area contributed by atoms with Crippen LogP contribution in [0.15, 0.2) is 72.8 Å². The summed E-state index contributed by atoms with van der Waals surface area (Å²) < 4.78 is 109. The normalized spacial score (nSPS) is 12.4. The van der Waals surface area contributed by atoms with Gasteiger partial charge in [-0.25, -0.2) is 4.68 Å². The first-order valence-electron chi connectivity index (χ1n) is 13.6. The number of sulfonamides is 1. The molecular formula is C29H25F6N7O2S. The summed E-state index contributed by atoms with van der Waals surface area (Å²) in [4.78, 5) is 0. The molecule has 0 radical (unpaired) electrons. The van der Waals surface area contributed by atoms with Crippen LogP contribution in [0.2, 0.25) is 0 Å². The van der Waals surface area contributed by atoms with Crippen molar-refractivity contribution >= 4 is 15.8 Å². The van der Waals surface area contributed by atoms with E-state index in [0.717, 1.165) is 29.3 Å². The fraction of sp³-hybridized carbons (Fsp3) is 0.241. The van der Waals surface area contributed by atoms with Gasteiger partial charge in [0, 0.05) is 17.5 Å². The number of tetrazole rings is 1. The Bertz CT molecular complexity index is 1890. The number of para-hydroxylation sites is 1. The zero-order valence-electron chi connectivity index (χ0n) is 23.5. The molecule has 0 unspecified atom stereocenters. The molecule has 16 heteroatoms. The molecule has 5 rings (SSSR count). The Balaban J connectivity index is 1.63. The van der Waals surface area contributed by atoms with Gasteiger partial charge in [0.05, 0.1) is 16.9 Å². The topological polar surface area (TPSA) is 118 Å². The van der Waals surface area contributed by atoms with Gasteiger partial charge in [-0.05, 0) is 46.9 Å². The first-order valence-corrected chi connectivity index (χ1v) is 15.1. The van der Waals surface area contributed by atoms with E-state index in [0.29, 0.717) is 34.5 Å². The highest BCUT2D eigenvalue weighted by atomic mass is 32.2. The van der Waals surface area contributed by atoms with E-state index in [1.54, 1.807) is 36.4 Å². The molecule has 2 heterocycles. The molecule has 0 aliphatic heterocycles. The largest absolute Gasteiger partial charge is 0.516 e. The van der Waals surface area contributed by atoms with Crippen LogP contribution in [0.1, 0.15) is 42.1 Å². The first-order chi connectivity index (χ1) is 21.3. The average molecular weight is 650 g/mol. The van der Waals surface area contributed by atoms with Crippen LogP contribution in [0.4, 0.5) is 32.2 Å². The fourth-order valence-electron chi connectivity index (χ4n) is 4.80. The van der Waals surface area contributed by atoms with E-state index >= 15 is 0 Å². The third-order valence-electron chi connectivity index (χ3n) is 6.97. The summed E-state index contributed by atoms with van der Waals surface area (Å²) in [7, 11) is -6.03. The number of alkyl halides is 6. The monoisotopic (exact) mass is 649 g/mol. The van der Waals surface area contributed by atoms with Crippen LogP contribution in [-0.4, -0.2) is 44.3 Å². The number of nitrogens with zero attached hydrogens (tertiary/aromatic N) is 5. The van der Waals surface area contributed by atoms with Crippen molar-refractivity contribution in [1.29, 1.82) is 0 Å². The van der Waals surface area contributed by atoms with Crippen LogP contribution in [-0.2, 0) is 29.0 Å². The maximum absolute atomic E-state index is 14.0. The summed E-state index contributed by atoms with van der Waals surface area (Å²) in [5, 5.41) is 18.3. The summed E-state index contributed by atoms with van der Waals surface area (Å²) in [5.74, 6) is -0.356. The van der Waals surface area contributed by atoms with Gasteiger partial charge in [0.1, 0.15) is 5.82 Å². The molecule has 0 saturated carbocycles.